The first-order valence-electron chi connectivity index (χ1n) is 7.45. The van der Waals surface area contributed by atoms with Crippen molar-refractivity contribution in [1.82, 2.24) is 4.90 Å². The predicted octanol–water partition coefficient (Wildman–Crippen LogP) is 4.00. The lowest BCUT2D eigenvalue weighted by Gasteiger charge is -2.22. The van der Waals surface area contributed by atoms with Crippen LogP contribution in [0.4, 0.5) is 5.69 Å². The number of rotatable bonds is 6. The molecular formula is C17H18Cl2N2O4. The normalized spacial score (nSPS) is 12.1. The molecule has 0 spiro atoms. The van der Waals surface area contributed by atoms with E-state index in [0.717, 1.165) is 0 Å². The number of nitrogens with one attached hydrogen (secondary N) is 1. The van der Waals surface area contributed by atoms with Crippen LogP contribution in [0.5, 0.6) is 0 Å². The minimum atomic E-state index is -0.543. The van der Waals surface area contributed by atoms with Gasteiger partial charge in [0.15, 0.2) is 0 Å². The molecule has 25 heavy (non-hydrogen) atoms. The van der Waals surface area contributed by atoms with Crippen molar-refractivity contribution in [2.45, 2.75) is 13.0 Å². The molecule has 0 aliphatic carbocycles. The Bertz CT molecular complexity index is 776. The Labute approximate surface area is 155 Å². The number of ether oxygens (including phenoxy) is 1. The van der Waals surface area contributed by atoms with Gasteiger partial charge in [0.2, 0.25) is 11.7 Å². The van der Waals surface area contributed by atoms with Crippen molar-refractivity contribution in [2.75, 3.05) is 26.0 Å². The molecule has 2 aromatic rings. The smallest absolute Gasteiger partial charge is 0.373 e. The Kier molecular flexibility index (Phi) is 6.47. The molecule has 1 aromatic carbocycles. The van der Waals surface area contributed by atoms with Crippen molar-refractivity contribution in [3.05, 3.63) is 51.9 Å². The van der Waals surface area contributed by atoms with Gasteiger partial charge in [-0.2, -0.15) is 0 Å². The zero-order valence-electron chi connectivity index (χ0n) is 14.0. The van der Waals surface area contributed by atoms with Gasteiger partial charge in [0, 0.05) is 5.69 Å². The third kappa shape index (κ3) is 4.98. The molecule has 8 heteroatoms. The van der Waals surface area contributed by atoms with Gasteiger partial charge < -0.3 is 14.5 Å². The van der Waals surface area contributed by atoms with E-state index in [1.54, 1.807) is 42.3 Å². The van der Waals surface area contributed by atoms with Gasteiger partial charge in [-0.3, -0.25) is 9.69 Å². The summed E-state index contributed by atoms with van der Waals surface area (Å²) in [5.74, 6) is -0.0748. The molecule has 1 amide bonds. The topological polar surface area (TPSA) is 71.8 Å². The summed E-state index contributed by atoms with van der Waals surface area (Å²) in [6, 6.07) is 7.89. The highest BCUT2D eigenvalue weighted by molar-refractivity contribution is 6.42. The second-order valence-electron chi connectivity index (χ2n) is 5.46. The van der Waals surface area contributed by atoms with Crippen molar-refractivity contribution >= 4 is 40.8 Å². The van der Waals surface area contributed by atoms with Gasteiger partial charge in [-0.25, -0.2) is 4.79 Å². The number of anilines is 1. The van der Waals surface area contributed by atoms with Crippen LogP contribution in [0.15, 0.2) is 34.7 Å². The van der Waals surface area contributed by atoms with Crippen LogP contribution in [0.25, 0.3) is 0 Å². The van der Waals surface area contributed by atoms with Crippen LogP contribution in [0.2, 0.25) is 10.0 Å². The molecule has 1 unspecified atom stereocenters. The Balaban J connectivity index is 1.96. The zero-order chi connectivity index (χ0) is 18.6. The first-order chi connectivity index (χ1) is 11.8. The maximum Gasteiger partial charge on any atom is 0.373 e. The van der Waals surface area contributed by atoms with Gasteiger partial charge in [0.05, 0.1) is 29.7 Å². The quantitative estimate of drug-likeness (QED) is 0.761. The number of hydrogen-bond donors (Lipinski definition) is 1. The van der Waals surface area contributed by atoms with Crippen molar-refractivity contribution in [1.29, 1.82) is 0 Å². The van der Waals surface area contributed by atoms with E-state index < -0.39 is 5.97 Å². The minimum absolute atomic E-state index is 0.121. The van der Waals surface area contributed by atoms with Gasteiger partial charge in [0.1, 0.15) is 5.76 Å². The summed E-state index contributed by atoms with van der Waals surface area (Å²) < 4.78 is 10.1. The molecule has 1 aromatic heterocycles. The summed E-state index contributed by atoms with van der Waals surface area (Å²) in [6.45, 7) is 1.99. The summed E-state index contributed by atoms with van der Waals surface area (Å²) in [5, 5.41) is 3.54. The number of carbonyl (C=O) groups is 2. The van der Waals surface area contributed by atoms with Gasteiger partial charge >= 0.3 is 5.97 Å². The fourth-order valence-electron chi connectivity index (χ4n) is 2.14. The monoisotopic (exact) mass is 384 g/mol. The highest BCUT2D eigenvalue weighted by Gasteiger charge is 2.20. The number of methoxy groups -OCH3 is 1. The molecule has 0 radical (unpaired) electrons. The summed E-state index contributed by atoms with van der Waals surface area (Å²) in [7, 11) is 3.06. The molecule has 2 rings (SSSR count). The lowest BCUT2D eigenvalue weighted by Crippen LogP contribution is -2.32. The minimum Gasteiger partial charge on any atom is -0.463 e. The highest BCUT2D eigenvalue weighted by Crippen LogP contribution is 2.25. The van der Waals surface area contributed by atoms with E-state index in [1.807, 2.05) is 6.92 Å². The average Bonchev–Trinajstić information content (AvgIpc) is 3.06. The van der Waals surface area contributed by atoms with Crippen LogP contribution < -0.4 is 5.32 Å². The standard InChI is InChI=1S/C17H18Cl2N2O4/c1-10(14-6-7-15(25-14)17(23)24-3)21(2)9-16(22)20-11-4-5-12(18)13(19)8-11/h4-8,10H,9H2,1-3H3,(H,20,22). The predicted molar refractivity (Wildman–Crippen MR) is 96.2 cm³/mol. The number of benzene rings is 1. The average molecular weight is 385 g/mol. The van der Waals surface area contributed by atoms with E-state index in [9.17, 15) is 9.59 Å². The van der Waals surface area contributed by atoms with E-state index in [4.69, 9.17) is 27.6 Å². The third-order valence-electron chi connectivity index (χ3n) is 3.68. The molecule has 0 saturated carbocycles. The van der Waals surface area contributed by atoms with Crippen molar-refractivity contribution < 1.29 is 18.7 Å². The molecule has 134 valence electrons. The fourth-order valence-corrected chi connectivity index (χ4v) is 2.44. The van der Waals surface area contributed by atoms with Crippen molar-refractivity contribution in [3.8, 4) is 0 Å². The zero-order valence-corrected chi connectivity index (χ0v) is 15.5. The van der Waals surface area contributed by atoms with Crippen LogP contribution >= 0.6 is 23.2 Å². The second kappa shape index (κ2) is 8.38. The van der Waals surface area contributed by atoms with Gasteiger partial charge in [0.25, 0.3) is 0 Å². The molecule has 0 saturated heterocycles. The lowest BCUT2D eigenvalue weighted by atomic mass is 10.2. The Morgan fingerprint density at radius 2 is 1.96 bits per heavy atom. The number of carbonyl (C=O) groups excluding carboxylic acids is 2. The highest BCUT2D eigenvalue weighted by atomic mass is 35.5. The number of nitrogens with zero attached hydrogens (tertiary/aromatic N) is 1. The van der Waals surface area contributed by atoms with Gasteiger partial charge in [-0.15, -0.1) is 0 Å². The van der Waals surface area contributed by atoms with Gasteiger partial charge in [-0.05, 0) is 44.3 Å². The number of amides is 1. The second-order valence-corrected chi connectivity index (χ2v) is 6.28. The Hall–Kier alpha value is -2.02. The van der Waals surface area contributed by atoms with Crippen LogP contribution in [0.3, 0.4) is 0 Å². The number of furan rings is 1. The number of hydrogen-bond acceptors (Lipinski definition) is 5. The molecule has 1 atom stereocenters. The SMILES string of the molecule is COC(=O)c1ccc(C(C)N(C)CC(=O)Nc2ccc(Cl)c(Cl)c2)o1. The molecule has 0 aliphatic heterocycles. The molecule has 0 aliphatic rings. The molecule has 1 N–H and O–H groups in total. The van der Waals surface area contributed by atoms with E-state index >= 15 is 0 Å². The molecule has 0 bridgehead atoms. The largest absolute Gasteiger partial charge is 0.463 e. The molecule has 1 heterocycles. The molecular weight excluding hydrogens is 367 g/mol. The molecule has 0 fully saturated rings. The van der Waals surface area contributed by atoms with Crippen LogP contribution in [0, 0.1) is 0 Å². The van der Waals surface area contributed by atoms with Gasteiger partial charge in [-0.1, -0.05) is 23.2 Å². The molecule has 6 nitrogen and oxygen atoms in total. The van der Waals surface area contributed by atoms with Crippen molar-refractivity contribution in [2.24, 2.45) is 0 Å². The number of halogens is 2. The number of likely N-dealkylation sites (N-methyl/N-ethyl adjacent to an activating group) is 1. The lowest BCUT2D eigenvalue weighted by molar-refractivity contribution is -0.117. The maximum atomic E-state index is 12.2. The van der Waals surface area contributed by atoms with Crippen LogP contribution in [-0.2, 0) is 9.53 Å². The third-order valence-corrected chi connectivity index (χ3v) is 4.42. The van der Waals surface area contributed by atoms with E-state index in [-0.39, 0.29) is 24.3 Å². The number of esters is 1. The summed E-state index contributed by atoms with van der Waals surface area (Å²) in [4.78, 5) is 25.4. The first kappa shape index (κ1) is 19.3. The Morgan fingerprint density at radius 3 is 2.60 bits per heavy atom. The summed E-state index contributed by atoms with van der Waals surface area (Å²) in [5.41, 5.74) is 0.562. The van der Waals surface area contributed by atoms with E-state index in [2.05, 4.69) is 10.1 Å². The fraction of sp³-hybridized carbons (Fsp3) is 0.294. The summed E-state index contributed by atoms with van der Waals surface area (Å²) in [6.07, 6.45) is 0. The summed E-state index contributed by atoms with van der Waals surface area (Å²) >= 11 is 11.8. The van der Waals surface area contributed by atoms with E-state index in [0.29, 0.717) is 21.5 Å². The maximum absolute atomic E-state index is 12.2. The van der Waals surface area contributed by atoms with Crippen molar-refractivity contribution in [3.63, 3.8) is 0 Å². The van der Waals surface area contributed by atoms with E-state index in [1.165, 1.54) is 7.11 Å². The first-order valence-corrected chi connectivity index (χ1v) is 8.20. The van der Waals surface area contributed by atoms with Crippen LogP contribution in [-0.4, -0.2) is 37.5 Å². The Morgan fingerprint density at radius 1 is 1.24 bits per heavy atom. The van der Waals surface area contributed by atoms with Crippen LogP contribution in [0.1, 0.15) is 29.3 Å².